The van der Waals surface area contributed by atoms with Crippen LogP contribution in [0.1, 0.15) is 73.7 Å². The summed E-state index contributed by atoms with van der Waals surface area (Å²) < 4.78 is 0. The Hall–Kier alpha value is -3.86. The van der Waals surface area contributed by atoms with Crippen molar-refractivity contribution in [1.82, 2.24) is 25.8 Å². The van der Waals surface area contributed by atoms with Crippen molar-refractivity contribution in [2.45, 2.75) is 75.1 Å². The smallest absolute Gasteiger partial charge is 0.315 e. The van der Waals surface area contributed by atoms with E-state index in [1.807, 2.05) is 47.0 Å². The SMILES string of the molecule is O=C(/C=C/c1cccnc1)NCCCCC1CCN(C(=O)c2cccc(NC(=O)CCCC[C@@H]3SC[C@@H]4NC(=O)N[C@@H]43)c2)CC1. The summed E-state index contributed by atoms with van der Waals surface area (Å²) in [6.45, 7) is 2.12. The molecule has 3 aliphatic heterocycles. The number of anilines is 1. The van der Waals surface area contributed by atoms with Crippen LogP contribution >= 0.6 is 11.8 Å². The lowest BCUT2D eigenvalue weighted by Gasteiger charge is -2.32. The van der Waals surface area contributed by atoms with Crippen LogP contribution in [0.2, 0.25) is 0 Å². The van der Waals surface area contributed by atoms with Crippen LogP contribution in [-0.2, 0) is 9.59 Å². The predicted octanol–water partition coefficient (Wildman–Crippen LogP) is 4.60. The number of aromatic nitrogens is 1. The Kier molecular flexibility index (Phi) is 11.9. The average Bonchev–Trinajstić information content (AvgIpc) is 3.61. The van der Waals surface area contributed by atoms with Crippen molar-refractivity contribution < 1.29 is 19.2 Å². The Labute approximate surface area is 269 Å². The van der Waals surface area contributed by atoms with Crippen LogP contribution in [0.5, 0.6) is 0 Å². The highest BCUT2D eigenvalue weighted by molar-refractivity contribution is 8.00. The second-order valence-corrected chi connectivity index (χ2v) is 13.4. The number of hydrogen-bond donors (Lipinski definition) is 4. The van der Waals surface area contributed by atoms with Crippen molar-refractivity contribution in [3.63, 3.8) is 0 Å². The largest absolute Gasteiger partial charge is 0.353 e. The zero-order chi connectivity index (χ0) is 31.4. The monoisotopic (exact) mass is 632 g/mol. The molecule has 1 aromatic heterocycles. The van der Waals surface area contributed by atoms with E-state index in [-0.39, 0.29) is 35.8 Å². The number of benzene rings is 1. The number of urea groups is 1. The summed E-state index contributed by atoms with van der Waals surface area (Å²) in [5, 5.41) is 12.3. The summed E-state index contributed by atoms with van der Waals surface area (Å²) in [7, 11) is 0. The fourth-order valence-electron chi connectivity index (χ4n) is 6.31. The van der Waals surface area contributed by atoms with Crippen molar-refractivity contribution in [3.8, 4) is 0 Å². The van der Waals surface area contributed by atoms with Gasteiger partial charge in [0.15, 0.2) is 0 Å². The topological polar surface area (TPSA) is 133 Å². The van der Waals surface area contributed by atoms with Gasteiger partial charge in [0.25, 0.3) is 5.91 Å². The highest BCUT2D eigenvalue weighted by Crippen LogP contribution is 2.33. The van der Waals surface area contributed by atoms with Gasteiger partial charge < -0.3 is 26.2 Å². The van der Waals surface area contributed by atoms with Gasteiger partial charge in [-0.05, 0) is 73.9 Å². The molecule has 3 saturated heterocycles. The number of likely N-dealkylation sites (tertiary alicyclic amines) is 1. The van der Waals surface area contributed by atoms with E-state index in [9.17, 15) is 19.2 Å². The van der Waals surface area contributed by atoms with E-state index in [4.69, 9.17) is 0 Å². The number of fused-ring (bicyclic) bond motifs is 1. The van der Waals surface area contributed by atoms with Gasteiger partial charge in [0, 0.05) is 66.8 Å². The number of nitrogens with one attached hydrogen (secondary N) is 4. The molecule has 3 aliphatic rings. The molecule has 0 spiro atoms. The number of hydrogen-bond acceptors (Lipinski definition) is 6. The second-order valence-electron chi connectivity index (χ2n) is 12.1. The van der Waals surface area contributed by atoms with E-state index < -0.39 is 0 Å². The lowest BCUT2D eigenvalue weighted by molar-refractivity contribution is -0.117. The third-order valence-electron chi connectivity index (χ3n) is 8.83. The first kappa shape index (κ1) is 32.5. The molecule has 4 heterocycles. The van der Waals surface area contributed by atoms with Crippen molar-refractivity contribution >= 4 is 47.3 Å². The molecular formula is C34H44N6O4S. The molecule has 0 bridgehead atoms. The van der Waals surface area contributed by atoms with E-state index in [0.717, 1.165) is 75.8 Å². The number of carbonyl (C=O) groups excluding carboxylic acids is 4. The predicted molar refractivity (Wildman–Crippen MR) is 178 cm³/mol. The van der Waals surface area contributed by atoms with E-state index in [2.05, 4.69) is 26.3 Å². The highest BCUT2D eigenvalue weighted by atomic mass is 32.2. The Morgan fingerprint density at radius 3 is 2.69 bits per heavy atom. The lowest BCUT2D eigenvalue weighted by atomic mass is 9.91. The molecular weight excluding hydrogens is 588 g/mol. The molecule has 3 fully saturated rings. The van der Waals surface area contributed by atoms with E-state index >= 15 is 0 Å². The van der Waals surface area contributed by atoms with Gasteiger partial charge in [-0.25, -0.2) is 4.79 Å². The van der Waals surface area contributed by atoms with E-state index in [1.165, 1.54) is 6.08 Å². The minimum Gasteiger partial charge on any atom is -0.353 e. The molecule has 3 atom stereocenters. The zero-order valence-electron chi connectivity index (χ0n) is 25.7. The quantitative estimate of drug-likeness (QED) is 0.137. The summed E-state index contributed by atoms with van der Waals surface area (Å²) in [6.07, 6.45) is 14.9. The van der Waals surface area contributed by atoms with Crippen molar-refractivity contribution in [2.24, 2.45) is 5.92 Å². The Bertz CT molecular complexity index is 1350. The van der Waals surface area contributed by atoms with Gasteiger partial charge in [-0.2, -0.15) is 11.8 Å². The number of rotatable bonds is 14. The van der Waals surface area contributed by atoms with Crippen LogP contribution in [0.4, 0.5) is 10.5 Å². The number of thioether (sulfide) groups is 1. The number of piperidine rings is 1. The first-order valence-electron chi connectivity index (χ1n) is 16.2. The van der Waals surface area contributed by atoms with Crippen molar-refractivity contribution in [3.05, 3.63) is 66.0 Å². The normalized spacial score (nSPS) is 21.3. The van der Waals surface area contributed by atoms with Crippen LogP contribution in [0.3, 0.4) is 0 Å². The molecule has 45 heavy (non-hydrogen) atoms. The van der Waals surface area contributed by atoms with E-state index in [1.54, 1.807) is 24.5 Å². The summed E-state index contributed by atoms with van der Waals surface area (Å²) in [6, 6.07) is 11.3. The minimum atomic E-state index is -0.0960. The van der Waals surface area contributed by atoms with Gasteiger partial charge in [-0.1, -0.05) is 31.4 Å². The molecule has 0 saturated carbocycles. The summed E-state index contributed by atoms with van der Waals surface area (Å²) in [4.78, 5) is 55.3. The molecule has 11 heteroatoms. The fraction of sp³-hybridized carbons (Fsp3) is 0.500. The third-order valence-corrected chi connectivity index (χ3v) is 10.3. The Balaban J connectivity index is 0.940. The molecule has 240 valence electrons. The van der Waals surface area contributed by atoms with Gasteiger partial charge in [0.1, 0.15) is 0 Å². The van der Waals surface area contributed by atoms with Crippen molar-refractivity contribution in [2.75, 3.05) is 30.7 Å². The highest BCUT2D eigenvalue weighted by Gasteiger charge is 2.42. The Morgan fingerprint density at radius 2 is 1.87 bits per heavy atom. The molecule has 2 aromatic rings. The maximum Gasteiger partial charge on any atom is 0.315 e. The molecule has 1 aromatic carbocycles. The fourth-order valence-corrected chi connectivity index (χ4v) is 7.85. The van der Waals surface area contributed by atoms with Gasteiger partial charge in [-0.3, -0.25) is 19.4 Å². The number of amides is 5. The maximum absolute atomic E-state index is 13.2. The molecule has 5 amide bonds. The van der Waals surface area contributed by atoms with Crippen molar-refractivity contribution in [1.29, 1.82) is 0 Å². The van der Waals surface area contributed by atoms with Gasteiger partial charge in [0.05, 0.1) is 12.1 Å². The first-order chi connectivity index (χ1) is 21.9. The zero-order valence-corrected chi connectivity index (χ0v) is 26.5. The third kappa shape index (κ3) is 9.81. The molecule has 0 unspecified atom stereocenters. The van der Waals surface area contributed by atoms with Crippen LogP contribution in [0.25, 0.3) is 6.08 Å². The van der Waals surface area contributed by atoms with E-state index in [0.29, 0.717) is 35.4 Å². The van der Waals surface area contributed by atoms with Crippen LogP contribution in [0.15, 0.2) is 54.9 Å². The average molecular weight is 633 g/mol. The lowest BCUT2D eigenvalue weighted by Crippen LogP contribution is -2.38. The molecule has 0 aliphatic carbocycles. The summed E-state index contributed by atoms with van der Waals surface area (Å²) >= 11 is 1.89. The number of pyridine rings is 1. The molecule has 10 nitrogen and oxygen atoms in total. The number of carbonyl (C=O) groups is 4. The van der Waals surface area contributed by atoms with Crippen LogP contribution in [0, 0.1) is 5.92 Å². The molecule has 5 rings (SSSR count). The summed E-state index contributed by atoms with van der Waals surface area (Å²) in [5.74, 6) is 1.39. The number of nitrogens with zero attached hydrogens (tertiary/aromatic N) is 2. The first-order valence-corrected chi connectivity index (χ1v) is 17.2. The number of unbranched alkanes of at least 4 members (excludes halogenated alkanes) is 2. The van der Waals surface area contributed by atoms with Crippen LogP contribution < -0.4 is 21.3 Å². The second kappa shape index (κ2) is 16.5. The van der Waals surface area contributed by atoms with Crippen LogP contribution in [-0.4, -0.2) is 76.4 Å². The minimum absolute atomic E-state index is 0.00691. The maximum atomic E-state index is 13.2. The molecule has 0 radical (unpaired) electrons. The Morgan fingerprint density at radius 1 is 1.02 bits per heavy atom. The molecule has 4 N–H and O–H groups in total. The van der Waals surface area contributed by atoms with Gasteiger partial charge in [0.2, 0.25) is 11.8 Å². The van der Waals surface area contributed by atoms with Gasteiger partial charge >= 0.3 is 6.03 Å². The standard InChI is InChI=1S/C34H44N6O4S/c41-30(14-13-25-8-6-17-35-22-25)36-18-4-3-7-24-15-19-40(20-16-24)33(43)26-9-5-10-27(21-26)37-31(42)12-2-1-11-29-32-28(23-45-29)38-34(44)39-32/h5-6,8-10,13-14,17,21-22,24,28-29,32H,1-4,7,11-12,15-16,18-20,23H2,(H,36,41)(H,37,42)(H2,38,39,44)/b14-13+/t28-,29-,32-/m0/s1. The van der Waals surface area contributed by atoms with Gasteiger partial charge in [-0.15, -0.1) is 0 Å². The summed E-state index contributed by atoms with van der Waals surface area (Å²) in [5.41, 5.74) is 2.14.